The van der Waals surface area contributed by atoms with E-state index in [4.69, 9.17) is 5.73 Å². The topological polar surface area (TPSA) is 55.1 Å². The maximum atomic E-state index is 10.1. The lowest BCUT2D eigenvalue weighted by atomic mass is 10.3. The molecular weight excluding hydrogens is 136 g/mol. The second-order valence-electron chi connectivity index (χ2n) is 1.55. The molecule has 0 bridgehead atoms. The van der Waals surface area contributed by atoms with E-state index in [9.17, 15) is 4.79 Å². The number of nitrogens with one attached hydrogen (secondary N) is 1. The fraction of sp³-hybridized carbons (Fsp3) is 0.600. The van der Waals surface area contributed by atoms with Crippen molar-refractivity contribution in [3.05, 3.63) is 0 Å². The Hall–Kier alpha value is -0.320. The van der Waals surface area contributed by atoms with Crippen molar-refractivity contribution < 1.29 is 4.79 Å². The molecule has 0 rings (SSSR count). The van der Waals surface area contributed by atoms with Crippen LogP contribution in [0.1, 0.15) is 0 Å². The van der Waals surface area contributed by atoms with Gasteiger partial charge in [0.25, 0.3) is 0 Å². The zero-order valence-electron chi connectivity index (χ0n) is 5.04. The summed E-state index contributed by atoms with van der Waals surface area (Å²) in [5, 5.41) is 4.34. The van der Waals surface area contributed by atoms with Crippen molar-refractivity contribution in [1.29, 1.82) is 0 Å². The van der Waals surface area contributed by atoms with E-state index in [1.54, 1.807) is 0 Å². The Balaban J connectivity index is 3.30. The molecule has 0 aromatic carbocycles. The fourth-order valence-corrected chi connectivity index (χ4v) is 0.483. The second-order valence-corrected chi connectivity index (χ2v) is 1.89. The van der Waals surface area contributed by atoms with Crippen molar-refractivity contribution in [3.63, 3.8) is 0 Å². The van der Waals surface area contributed by atoms with Gasteiger partial charge in [0.2, 0.25) is 0 Å². The summed E-state index contributed by atoms with van der Waals surface area (Å²) in [5.74, 6) is 0. The number of thiocarbonyl (C=S) groups is 1. The van der Waals surface area contributed by atoms with Gasteiger partial charge in [-0.2, -0.15) is 0 Å². The molecule has 3 nitrogen and oxygen atoms in total. The van der Waals surface area contributed by atoms with Crippen molar-refractivity contribution in [3.8, 4) is 0 Å². The second kappa shape index (κ2) is 5.81. The van der Waals surface area contributed by atoms with E-state index in [1.165, 1.54) is 5.37 Å². The van der Waals surface area contributed by atoms with Crippen LogP contribution in [-0.2, 0) is 4.79 Å². The average Bonchev–Trinajstić information content (AvgIpc) is 1.91. The van der Waals surface area contributed by atoms with Gasteiger partial charge in [0.05, 0.1) is 6.04 Å². The van der Waals surface area contributed by atoms with E-state index in [0.29, 0.717) is 13.1 Å². The lowest BCUT2D eigenvalue weighted by Gasteiger charge is -2.05. The van der Waals surface area contributed by atoms with Crippen LogP contribution in [-0.4, -0.2) is 30.8 Å². The quantitative estimate of drug-likeness (QED) is 0.390. The number of nitrogens with two attached hydrogens (primary N) is 1. The molecule has 0 saturated heterocycles. The SMILES string of the molecule is NCC(C=O)NCC=S. The highest BCUT2D eigenvalue weighted by molar-refractivity contribution is 7.79. The van der Waals surface area contributed by atoms with E-state index < -0.39 is 0 Å². The molecule has 0 fully saturated rings. The smallest absolute Gasteiger partial charge is 0.138 e. The zero-order valence-corrected chi connectivity index (χ0v) is 5.86. The van der Waals surface area contributed by atoms with Gasteiger partial charge in [-0.25, -0.2) is 0 Å². The highest BCUT2D eigenvalue weighted by Crippen LogP contribution is 1.69. The number of carbonyl (C=O) groups is 1. The van der Waals surface area contributed by atoms with Crippen LogP contribution >= 0.6 is 12.2 Å². The van der Waals surface area contributed by atoms with Gasteiger partial charge in [-0.1, -0.05) is 12.2 Å². The first kappa shape index (κ1) is 8.68. The molecule has 0 aromatic heterocycles. The van der Waals surface area contributed by atoms with Gasteiger partial charge in [-0.15, -0.1) is 0 Å². The summed E-state index contributed by atoms with van der Waals surface area (Å²) in [4.78, 5) is 10.1. The molecule has 4 heteroatoms. The summed E-state index contributed by atoms with van der Waals surface area (Å²) in [6.45, 7) is 0.878. The number of rotatable bonds is 5. The van der Waals surface area contributed by atoms with Crippen LogP contribution in [0.3, 0.4) is 0 Å². The first-order valence-electron chi connectivity index (χ1n) is 2.67. The van der Waals surface area contributed by atoms with Crippen LogP contribution in [0.5, 0.6) is 0 Å². The third-order valence-electron chi connectivity index (χ3n) is 0.882. The van der Waals surface area contributed by atoms with Crippen molar-refractivity contribution in [2.24, 2.45) is 5.73 Å². The number of carbonyl (C=O) groups excluding carboxylic acids is 1. The number of hydrogen-bond donors (Lipinski definition) is 2. The molecule has 0 amide bonds. The molecule has 0 aliphatic carbocycles. The van der Waals surface area contributed by atoms with E-state index in [-0.39, 0.29) is 6.04 Å². The fourth-order valence-electron chi connectivity index (χ4n) is 0.386. The Morgan fingerprint density at radius 2 is 2.44 bits per heavy atom. The standard InChI is InChI=1S/C5H10N2OS/c6-3-5(4-8)7-1-2-9/h2,4-5,7H,1,3,6H2. The third-order valence-corrected chi connectivity index (χ3v) is 1.05. The Bertz CT molecular complexity index is 97.0. The van der Waals surface area contributed by atoms with Crippen LogP contribution in [0.2, 0.25) is 0 Å². The molecular formula is C5H10N2OS. The van der Waals surface area contributed by atoms with Crippen LogP contribution in [0.4, 0.5) is 0 Å². The Kier molecular flexibility index (Phi) is 5.60. The summed E-state index contributed by atoms with van der Waals surface area (Å²) in [6, 6.07) is -0.246. The van der Waals surface area contributed by atoms with Crippen LogP contribution in [0.15, 0.2) is 0 Å². The van der Waals surface area contributed by atoms with E-state index in [2.05, 4.69) is 17.5 Å². The number of aldehydes is 1. The van der Waals surface area contributed by atoms with E-state index >= 15 is 0 Å². The van der Waals surface area contributed by atoms with Gasteiger partial charge >= 0.3 is 0 Å². The maximum absolute atomic E-state index is 10.1. The summed E-state index contributed by atoms with van der Waals surface area (Å²) in [7, 11) is 0. The largest absolute Gasteiger partial charge is 0.328 e. The Morgan fingerprint density at radius 3 is 2.78 bits per heavy atom. The van der Waals surface area contributed by atoms with Gasteiger partial charge < -0.3 is 15.8 Å². The minimum Gasteiger partial charge on any atom is -0.328 e. The molecule has 52 valence electrons. The van der Waals surface area contributed by atoms with Crippen LogP contribution in [0.25, 0.3) is 0 Å². The monoisotopic (exact) mass is 146 g/mol. The summed E-state index contributed by atoms with van der Waals surface area (Å²) in [6.07, 6.45) is 0.777. The first-order valence-corrected chi connectivity index (χ1v) is 3.14. The molecule has 9 heavy (non-hydrogen) atoms. The highest BCUT2D eigenvalue weighted by Gasteiger charge is 1.99. The normalized spacial score (nSPS) is 12.6. The minimum absolute atomic E-state index is 0.246. The molecule has 3 N–H and O–H groups in total. The first-order chi connectivity index (χ1) is 4.35. The van der Waals surface area contributed by atoms with Crippen molar-refractivity contribution >= 4 is 23.9 Å². The zero-order chi connectivity index (χ0) is 7.11. The van der Waals surface area contributed by atoms with Crippen molar-refractivity contribution in [2.75, 3.05) is 13.1 Å². The molecule has 0 spiro atoms. The molecule has 0 radical (unpaired) electrons. The van der Waals surface area contributed by atoms with E-state index in [1.807, 2.05) is 0 Å². The molecule has 0 aliphatic heterocycles. The maximum Gasteiger partial charge on any atom is 0.138 e. The summed E-state index contributed by atoms with van der Waals surface area (Å²) >= 11 is 4.52. The van der Waals surface area contributed by atoms with Crippen molar-refractivity contribution in [2.45, 2.75) is 6.04 Å². The molecule has 0 aromatic rings. The summed E-state index contributed by atoms with van der Waals surface area (Å²) in [5.41, 5.74) is 5.18. The van der Waals surface area contributed by atoms with Gasteiger partial charge in [0.15, 0.2) is 0 Å². The predicted octanol–water partition coefficient (Wildman–Crippen LogP) is -0.898. The van der Waals surface area contributed by atoms with Crippen LogP contribution in [0, 0.1) is 0 Å². The Morgan fingerprint density at radius 1 is 1.78 bits per heavy atom. The molecule has 0 aliphatic rings. The highest BCUT2D eigenvalue weighted by atomic mass is 32.1. The van der Waals surface area contributed by atoms with Gasteiger partial charge in [-0.05, 0) is 5.37 Å². The summed E-state index contributed by atoms with van der Waals surface area (Å²) < 4.78 is 0. The van der Waals surface area contributed by atoms with E-state index in [0.717, 1.165) is 6.29 Å². The average molecular weight is 146 g/mol. The minimum atomic E-state index is -0.246. The molecule has 0 heterocycles. The Labute approximate surface area is 59.6 Å². The third kappa shape index (κ3) is 4.20. The molecule has 1 unspecified atom stereocenters. The number of hydrogen-bond acceptors (Lipinski definition) is 4. The van der Waals surface area contributed by atoms with Crippen LogP contribution < -0.4 is 11.1 Å². The lowest BCUT2D eigenvalue weighted by Crippen LogP contribution is -2.38. The van der Waals surface area contributed by atoms with Gasteiger partial charge in [-0.3, -0.25) is 0 Å². The van der Waals surface area contributed by atoms with Crippen molar-refractivity contribution in [1.82, 2.24) is 5.32 Å². The molecule has 0 saturated carbocycles. The lowest BCUT2D eigenvalue weighted by molar-refractivity contribution is -0.109. The van der Waals surface area contributed by atoms with Gasteiger partial charge in [0, 0.05) is 13.1 Å². The predicted molar refractivity (Wildman–Crippen MR) is 40.6 cm³/mol. The molecule has 1 atom stereocenters. The van der Waals surface area contributed by atoms with Gasteiger partial charge in [0.1, 0.15) is 6.29 Å².